The lowest BCUT2D eigenvalue weighted by Gasteiger charge is -2.18. The maximum atomic E-state index is 10.3. The number of nitrogens with zero attached hydrogens (tertiary/aromatic N) is 1. The average Bonchev–Trinajstić information content (AvgIpc) is 2.01. The molecule has 0 saturated heterocycles. The number of rotatable bonds is 7. The predicted octanol–water partition coefficient (Wildman–Crippen LogP) is -1.45. The van der Waals surface area contributed by atoms with E-state index in [9.17, 15) is 8.42 Å². The topological polar surface area (TPSA) is 98.1 Å². The lowest BCUT2D eigenvalue weighted by Crippen LogP contribution is -2.32. The number of likely N-dealkylation sites (N-methyl/N-ethyl adjacent to an activating group) is 1. The summed E-state index contributed by atoms with van der Waals surface area (Å²) in [7, 11) is -2.20. The molecule has 1 unspecified atom stereocenters. The van der Waals surface area contributed by atoms with E-state index < -0.39 is 16.2 Å². The van der Waals surface area contributed by atoms with Crippen molar-refractivity contribution >= 4 is 10.1 Å². The molecule has 3 N–H and O–H groups in total. The van der Waals surface area contributed by atoms with Crippen LogP contribution in [0.25, 0.3) is 0 Å². The third kappa shape index (κ3) is 8.39. The minimum absolute atomic E-state index is 0.280. The number of hydrogen-bond acceptors (Lipinski definition) is 5. The monoisotopic (exact) mass is 227 g/mol. The van der Waals surface area contributed by atoms with E-state index in [0.717, 1.165) is 0 Å². The van der Waals surface area contributed by atoms with E-state index in [-0.39, 0.29) is 18.9 Å². The van der Waals surface area contributed by atoms with Gasteiger partial charge in [-0.15, -0.1) is 0 Å². The van der Waals surface area contributed by atoms with E-state index >= 15 is 0 Å². The first-order chi connectivity index (χ1) is 6.35. The predicted molar refractivity (Wildman–Crippen MR) is 51.6 cm³/mol. The van der Waals surface area contributed by atoms with Crippen molar-refractivity contribution in [1.29, 1.82) is 0 Å². The fourth-order valence-corrected chi connectivity index (χ4v) is 1.52. The van der Waals surface area contributed by atoms with Crippen LogP contribution in [0.4, 0.5) is 0 Å². The molecule has 14 heavy (non-hydrogen) atoms. The van der Waals surface area contributed by atoms with Gasteiger partial charge in [-0.25, -0.2) is 0 Å². The molecule has 0 bridgehead atoms. The van der Waals surface area contributed by atoms with Crippen LogP contribution in [0.1, 0.15) is 6.42 Å². The van der Waals surface area contributed by atoms with Crippen LogP contribution in [0, 0.1) is 0 Å². The molecule has 0 fully saturated rings. The summed E-state index contributed by atoms with van der Waals surface area (Å²) in [4.78, 5) is 1.69. The van der Waals surface area contributed by atoms with Crippen molar-refractivity contribution in [3.8, 4) is 0 Å². The van der Waals surface area contributed by atoms with Crippen LogP contribution >= 0.6 is 0 Å². The first-order valence-electron chi connectivity index (χ1n) is 4.28. The average molecular weight is 227 g/mol. The van der Waals surface area contributed by atoms with Crippen LogP contribution < -0.4 is 0 Å². The lowest BCUT2D eigenvalue weighted by molar-refractivity contribution is 0.0667. The second-order valence-corrected chi connectivity index (χ2v) is 4.81. The normalized spacial score (nSPS) is 14.6. The van der Waals surface area contributed by atoms with Crippen LogP contribution in [0.2, 0.25) is 0 Å². The Morgan fingerprint density at radius 1 is 1.43 bits per heavy atom. The van der Waals surface area contributed by atoms with Gasteiger partial charge in [0.15, 0.2) is 0 Å². The summed E-state index contributed by atoms with van der Waals surface area (Å²) in [5, 5.41) is 17.6. The van der Waals surface area contributed by atoms with Gasteiger partial charge in [-0.1, -0.05) is 0 Å². The van der Waals surface area contributed by atoms with Crippen molar-refractivity contribution in [1.82, 2.24) is 4.90 Å². The Bertz CT molecular complexity index is 240. The molecule has 0 spiro atoms. The van der Waals surface area contributed by atoms with E-state index in [2.05, 4.69) is 0 Å². The Morgan fingerprint density at radius 2 is 2.00 bits per heavy atom. The number of aliphatic hydroxyl groups excluding tert-OH is 2. The highest BCUT2D eigenvalue weighted by Crippen LogP contribution is 1.94. The molecule has 0 aliphatic carbocycles. The molecule has 0 aromatic carbocycles. The van der Waals surface area contributed by atoms with Gasteiger partial charge < -0.3 is 15.1 Å². The molecule has 0 radical (unpaired) electrons. The number of hydrogen-bond donors (Lipinski definition) is 3. The third-order valence-electron chi connectivity index (χ3n) is 1.68. The Labute approximate surface area is 83.9 Å². The first kappa shape index (κ1) is 13.8. The fraction of sp³-hybridized carbons (Fsp3) is 1.00. The molecule has 0 aliphatic rings. The molecule has 6 nitrogen and oxygen atoms in total. The van der Waals surface area contributed by atoms with Gasteiger partial charge in [-0.2, -0.15) is 8.42 Å². The quantitative estimate of drug-likeness (QED) is 0.460. The molecule has 0 saturated carbocycles. The summed E-state index contributed by atoms with van der Waals surface area (Å²) in [6.07, 6.45) is -0.515. The van der Waals surface area contributed by atoms with Crippen LogP contribution in [0.15, 0.2) is 0 Å². The Balaban J connectivity index is 3.59. The van der Waals surface area contributed by atoms with Gasteiger partial charge >= 0.3 is 0 Å². The van der Waals surface area contributed by atoms with E-state index in [1.807, 2.05) is 0 Å². The molecule has 7 heteroatoms. The maximum Gasteiger partial charge on any atom is 0.264 e. The summed E-state index contributed by atoms with van der Waals surface area (Å²) >= 11 is 0. The lowest BCUT2D eigenvalue weighted by atomic mass is 10.3. The number of aliphatic hydroxyl groups is 2. The van der Waals surface area contributed by atoms with Crippen molar-refractivity contribution in [2.45, 2.75) is 12.5 Å². The molecule has 0 aliphatic heterocycles. The summed E-state index contributed by atoms with van der Waals surface area (Å²) in [6.45, 7) is 0.404. The summed E-state index contributed by atoms with van der Waals surface area (Å²) in [5.41, 5.74) is 0. The van der Waals surface area contributed by atoms with Crippen LogP contribution in [-0.4, -0.2) is 66.7 Å². The highest BCUT2D eigenvalue weighted by atomic mass is 32.2. The van der Waals surface area contributed by atoms with E-state index in [0.29, 0.717) is 13.0 Å². The zero-order valence-corrected chi connectivity index (χ0v) is 8.94. The van der Waals surface area contributed by atoms with E-state index in [1.54, 1.807) is 11.9 Å². The highest BCUT2D eigenvalue weighted by Gasteiger charge is 2.08. The molecule has 1 atom stereocenters. The first-order valence-corrected chi connectivity index (χ1v) is 5.88. The molecule has 0 aromatic rings. The van der Waals surface area contributed by atoms with Gasteiger partial charge in [0.05, 0.1) is 18.5 Å². The standard InChI is InChI=1S/C7H17NO5S/c1-8(5-7(10)6-9)3-2-4-14(11,12)13/h7,9-10H,2-6H2,1H3,(H,11,12,13). The maximum absolute atomic E-state index is 10.3. The summed E-state index contributed by atoms with van der Waals surface area (Å²) < 4.78 is 29.1. The zero-order chi connectivity index (χ0) is 11.2. The molecule has 0 aromatic heterocycles. The second-order valence-electron chi connectivity index (χ2n) is 3.24. The van der Waals surface area contributed by atoms with Gasteiger partial charge in [0, 0.05) is 6.54 Å². The molecule has 86 valence electrons. The van der Waals surface area contributed by atoms with Crippen molar-refractivity contribution in [2.24, 2.45) is 0 Å². The van der Waals surface area contributed by atoms with Crippen molar-refractivity contribution in [3.05, 3.63) is 0 Å². The Kier molecular flexibility index (Phi) is 6.21. The summed E-state index contributed by atoms with van der Waals surface area (Å²) in [6, 6.07) is 0. The SMILES string of the molecule is CN(CCCS(=O)(=O)O)CC(O)CO. The van der Waals surface area contributed by atoms with Gasteiger partial charge in [-0.3, -0.25) is 4.55 Å². The smallest absolute Gasteiger partial charge is 0.264 e. The van der Waals surface area contributed by atoms with Crippen LogP contribution in [-0.2, 0) is 10.1 Å². The fourth-order valence-electron chi connectivity index (χ4n) is 1.03. The van der Waals surface area contributed by atoms with Crippen molar-refractivity contribution in [2.75, 3.05) is 32.5 Å². The Morgan fingerprint density at radius 3 is 2.43 bits per heavy atom. The van der Waals surface area contributed by atoms with Crippen LogP contribution in [0.5, 0.6) is 0 Å². The minimum atomic E-state index is -3.89. The molecular weight excluding hydrogens is 210 g/mol. The van der Waals surface area contributed by atoms with E-state index in [1.165, 1.54) is 0 Å². The minimum Gasteiger partial charge on any atom is -0.394 e. The van der Waals surface area contributed by atoms with Crippen molar-refractivity contribution < 1.29 is 23.2 Å². The molecular formula is C7H17NO5S. The molecule has 0 amide bonds. The van der Waals surface area contributed by atoms with Gasteiger partial charge in [0.2, 0.25) is 0 Å². The summed E-state index contributed by atoms with van der Waals surface area (Å²) in [5.74, 6) is -0.285. The molecule has 0 rings (SSSR count). The Hall–Kier alpha value is -0.210. The van der Waals surface area contributed by atoms with Crippen LogP contribution in [0.3, 0.4) is 0 Å². The molecule has 0 heterocycles. The van der Waals surface area contributed by atoms with Crippen molar-refractivity contribution in [3.63, 3.8) is 0 Å². The zero-order valence-electron chi connectivity index (χ0n) is 8.13. The largest absolute Gasteiger partial charge is 0.394 e. The third-order valence-corrected chi connectivity index (χ3v) is 2.48. The van der Waals surface area contributed by atoms with Gasteiger partial charge in [0.25, 0.3) is 10.1 Å². The second kappa shape index (κ2) is 6.31. The van der Waals surface area contributed by atoms with E-state index in [4.69, 9.17) is 14.8 Å². The van der Waals surface area contributed by atoms with Gasteiger partial charge in [-0.05, 0) is 20.0 Å². The van der Waals surface area contributed by atoms with Gasteiger partial charge in [0.1, 0.15) is 0 Å². The highest BCUT2D eigenvalue weighted by molar-refractivity contribution is 7.85.